The summed E-state index contributed by atoms with van der Waals surface area (Å²) in [5.74, 6) is -1.24. The summed E-state index contributed by atoms with van der Waals surface area (Å²) in [7, 11) is 0. The molecule has 8 heteroatoms. The summed E-state index contributed by atoms with van der Waals surface area (Å²) in [6.45, 7) is 2.37. The Morgan fingerprint density at radius 2 is 1.71 bits per heavy atom. The van der Waals surface area contributed by atoms with Crippen molar-refractivity contribution in [3.63, 3.8) is 0 Å². The molecule has 0 radical (unpaired) electrons. The molecule has 1 unspecified atom stereocenters. The van der Waals surface area contributed by atoms with Crippen molar-refractivity contribution in [2.24, 2.45) is 0 Å². The van der Waals surface area contributed by atoms with Gasteiger partial charge in [-0.25, -0.2) is 9.97 Å². The highest BCUT2D eigenvalue weighted by Crippen LogP contribution is 2.41. The van der Waals surface area contributed by atoms with Crippen molar-refractivity contribution in [2.45, 2.75) is 13.0 Å². The predicted octanol–water partition coefficient (Wildman–Crippen LogP) is 4.16. The zero-order valence-corrected chi connectivity index (χ0v) is 17.3. The first-order valence-corrected chi connectivity index (χ1v) is 9.95. The molecule has 2 heterocycles. The number of Topliss-reactive ketones (excluding diaryl/α,β-unsaturated/α-hetero) is 1. The Balaban J connectivity index is 1.88. The number of aliphatic hydroxyl groups excluding tert-OH is 1. The average molecular weight is 436 g/mol. The molecule has 156 valence electrons. The number of ether oxygens (including phenoxy) is 1. The summed E-state index contributed by atoms with van der Waals surface area (Å²) in [6.07, 6.45) is 2.96. The average Bonchev–Trinajstić information content (AvgIpc) is 3.06. The minimum Gasteiger partial charge on any atom is -0.507 e. The maximum atomic E-state index is 13.0. The molecule has 1 atom stereocenters. The van der Waals surface area contributed by atoms with Gasteiger partial charge in [-0.15, -0.1) is 0 Å². The third kappa shape index (κ3) is 3.87. The smallest absolute Gasteiger partial charge is 0.302 e. The van der Waals surface area contributed by atoms with Crippen molar-refractivity contribution in [1.82, 2.24) is 9.97 Å². The number of hydrogen-bond donors (Lipinski definition) is 1. The van der Waals surface area contributed by atoms with Gasteiger partial charge in [0.1, 0.15) is 11.5 Å². The Hall–Kier alpha value is -3.71. The van der Waals surface area contributed by atoms with E-state index in [0.29, 0.717) is 28.5 Å². The first-order valence-electron chi connectivity index (χ1n) is 9.58. The van der Waals surface area contributed by atoms with Gasteiger partial charge in [-0.2, -0.15) is 0 Å². The lowest BCUT2D eigenvalue weighted by Gasteiger charge is -2.23. The fraction of sp³-hybridized carbons (Fsp3) is 0.130. The van der Waals surface area contributed by atoms with Crippen LogP contribution >= 0.6 is 11.6 Å². The SMILES string of the molecule is CCOc1ccc(/C(O)=C2\C(=O)C(=O)N(c3ncccn3)C2c2ccc(Cl)cc2)cc1. The summed E-state index contributed by atoms with van der Waals surface area (Å²) in [5.41, 5.74) is 0.918. The fourth-order valence-corrected chi connectivity index (χ4v) is 3.57. The molecular formula is C23H18ClN3O4. The number of ketones is 1. The first-order chi connectivity index (χ1) is 15.0. The van der Waals surface area contributed by atoms with Gasteiger partial charge in [-0.05, 0) is 55.0 Å². The number of amides is 1. The standard InChI is InChI=1S/C23H18ClN3O4/c1-2-31-17-10-6-15(7-11-17)20(28)18-19(14-4-8-16(24)9-5-14)27(22(30)21(18)29)23-25-12-3-13-26-23/h3-13,19,28H,2H2,1H3/b20-18+. The molecule has 1 saturated heterocycles. The Kier molecular flexibility index (Phi) is 5.68. The van der Waals surface area contributed by atoms with Crippen LogP contribution in [0.1, 0.15) is 24.1 Å². The van der Waals surface area contributed by atoms with Gasteiger partial charge in [0.25, 0.3) is 5.78 Å². The van der Waals surface area contributed by atoms with E-state index in [4.69, 9.17) is 16.3 Å². The largest absolute Gasteiger partial charge is 0.507 e. The van der Waals surface area contributed by atoms with E-state index in [1.165, 1.54) is 17.3 Å². The Labute approximate surface area is 183 Å². The molecule has 2 aromatic carbocycles. The Morgan fingerprint density at radius 3 is 2.32 bits per heavy atom. The highest BCUT2D eigenvalue weighted by atomic mass is 35.5. The molecule has 31 heavy (non-hydrogen) atoms. The van der Waals surface area contributed by atoms with Crippen LogP contribution in [0.15, 0.2) is 72.6 Å². The van der Waals surface area contributed by atoms with E-state index in [1.807, 2.05) is 6.92 Å². The maximum absolute atomic E-state index is 13.0. The molecule has 1 fully saturated rings. The first kappa shape index (κ1) is 20.6. The lowest BCUT2D eigenvalue weighted by molar-refractivity contribution is -0.132. The molecule has 4 rings (SSSR count). The number of aliphatic hydroxyl groups is 1. The number of anilines is 1. The van der Waals surface area contributed by atoms with Crippen LogP contribution in [0.5, 0.6) is 5.75 Å². The Bertz CT molecular complexity index is 1150. The van der Waals surface area contributed by atoms with Crippen molar-refractivity contribution in [3.05, 3.63) is 88.7 Å². The lowest BCUT2D eigenvalue weighted by Crippen LogP contribution is -2.31. The molecule has 1 aromatic heterocycles. The Morgan fingerprint density at radius 1 is 1.06 bits per heavy atom. The number of aromatic nitrogens is 2. The van der Waals surface area contributed by atoms with Gasteiger partial charge in [-0.1, -0.05) is 23.7 Å². The molecule has 7 nitrogen and oxygen atoms in total. The van der Waals surface area contributed by atoms with E-state index >= 15 is 0 Å². The van der Waals surface area contributed by atoms with Gasteiger partial charge in [0, 0.05) is 23.0 Å². The van der Waals surface area contributed by atoms with Crippen LogP contribution < -0.4 is 9.64 Å². The number of benzene rings is 2. The molecule has 0 aliphatic carbocycles. The van der Waals surface area contributed by atoms with Crippen LogP contribution in [-0.4, -0.2) is 33.4 Å². The highest BCUT2D eigenvalue weighted by molar-refractivity contribution is 6.51. The van der Waals surface area contributed by atoms with E-state index in [9.17, 15) is 14.7 Å². The van der Waals surface area contributed by atoms with Gasteiger partial charge in [-0.3, -0.25) is 14.5 Å². The van der Waals surface area contributed by atoms with E-state index in [1.54, 1.807) is 54.6 Å². The topological polar surface area (TPSA) is 92.6 Å². The number of carbonyl (C=O) groups excluding carboxylic acids is 2. The van der Waals surface area contributed by atoms with Gasteiger partial charge >= 0.3 is 5.91 Å². The molecule has 0 spiro atoms. The number of hydrogen-bond acceptors (Lipinski definition) is 6. The molecule has 3 aromatic rings. The van der Waals surface area contributed by atoms with Gasteiger partial charge < -0.3 is 9.84 Å². The van der Waals surface area contributed by atoms with E-state index in [2.05, 4.69) is 9.97 Å². The number of rotatable bonds is 5. The lowest BCUT2D eigenvalue weighted by atomic mass is 9.95. The third-order valence-corrected chi connectivity index (χ3v) is 5.09. The molecule has 0 bridgehead atoms. The van der Waals surface area contributed by atoms with Crippen LogP contribution in [0.25, 0.3) is 5.76 Å². The van der Waals surface area contributed by atoms with Crippen LogP contribution in [0.2, 0.25) is 5.02 Å². The van der Waals surface area contributed by atoms with Gasteiger partial charge in [0.15, 0.2) is 0 Å². The van der Waals surface area contributed by atoms with E-state index < -0.39 is 17.7 Å². The van der Waals surface area contributed by atoms with Crippen molar-refractivity contribution in [3.8, 4) is 5.75 Å². The van der Waals surface area contributed by atoms with Crippen LogP contribution in [-0.2, 0) is 9.59 Å². The quantitative estimate of drug-likeness (QED) is 0.367. The molecule has 1 N–H and O–H groups in total. The molecule has 1 aliphatic heterocycles. The normalized spacial score (nSPS) is 17.7. The predicted molar refractivity (Wildman–Crippen MR) is 116 cm³/mol. The van der Waals surface area contributed by atoms with Gasteiger partial charge in [0.05, 0.1) is 18.2 Å². The number of halogens is 1. The summed E-state index contributed by atoms with van der Waals surface area (Å²) in [4.78, 5) is 35.4. The maximum Gasteiger partial charge on any atom is 0.302 e. The van der Waals surface area contributed by atoms with Crippen molar-refractivity contribution >= 4 is 35.0 Å². The second kappa shape index (κ2) is 8.57. The summed E-state index contributed by atoms with van der Waals surface area (Å²) >= 11 is 6.02. The zero-order valence-electron chi connectivity index (χ0n) is 16.5. The minimum absolute atomic E-state index is 0.0519. The minimum atomic E-state index is -0.911. The summed E-state index contributed by atoms with van der Waals surface area (Å²) in [5, 5.41) is 11.6. The second-order valence-electron chi connectivity index (χ2n) is 6.73. The zero-order chi connectivity index (χ0) is 22.0. The number of carbonyl (C=O) groups is 2. The van der Waals surface area contributed by atoms with Crippen molar-refractivity contribution < 1.29 is 19.4 Å². The highest BCUT2D eigenvalue weighted by Gasteiger charge is 2.48. The van der Waals surface area contributed by atoms with Crippen LogP contribution in [0, 0.1) is 0 Å². The number of nitrogens with zero attached hydrogens (tertiary/aromatic N) is 3. The van der Waals surface area contributed by atoms with E-state index in [-0.39, 0.29) is 17.3 Å². The van der Waals surface area contributed by atoms with Crippen molar-refractivity contribution in [2.75, 3.05) is 11.5 Å². The van der Waals surface area contributed by atoms with Crippen molar-refractivity contribution in [1.29, 1.82) is 0 Å². The summed E-state index contributed by atoms with van der Waals surface area (Å²) in [6, 6.07) is 14.0. The molecule has 0 saturated carbocycles. The van der Waals surface area contributed by atoms with E-state index in [0.717, 1.165) is 0 Å². The molecule has 1 aliphatic rings. The summed E-state index contributed by atoms with van der Waals surface area (Å²) < 4.78 is 5.42. The van der Waals surface area contributed by atoms with Crippen LogP contribution in [0.3, 0.4) is 0 Å². The van der Waals surface area contributed by atoms with Gasteiger partial charge in [0.2, 0.25) is 5.95 Å². The second-order valence-corrected chi connectivity index (χ2v) is 7.16. The van der Waals surface area contributed by atoms with Crippen LogP contribution in [0.4, 0.5) is 5.95 Å². The fourth-order valence-electron chi connectivity index (χ4n) is 3.45. The molecular weight excluding hydrogens is 418 g/mol. The third-order valence-electron chi connectivity index (χ3n) is 4.84. The molecule has 1 amide bonds. The monoisotopic (exact) mass is 435 g/mol.